The fraction of sp³-hybridized carbons (Fsp3) is 0.808. The normalized spacial score (nSPS) is 14.1. The van der Waals surface area contributed by atoms with E-state index in [9.17, 15) is 24.0 Å². The summed E-state index contributed by atoms with van der Waals surface area (Å²) in [5.41, 5.74) is -3.15. The Labute approximate surface area is 221 Å². The topological polar surface area (TPSA) is 129 Å². The number of ether oxygens (including phenoxy) is 4. The summed E-state index contributed by atoms with van der Waals surface area (Å²) in [5, 5.41) is 0. The van der Waals surface area contributed by atoms with E-state index in [0.29, 0.717) is 0 Å². The molecule has 0 rings (SSSR count). The molecule has 0 aliphatic carbocycles. The largest absolute Gasteiger partial charge is 0.452 e. The molecule has 0 aromatic rings. The van der Waals surface area contributed by atoms with E-state index in [4.69, 9.17) is 18.9 Å². The Morgan fingerprint density at radius 3 is 1.22 bits per heavy atom. The number of carbonyl (C=O) groups excluding carboxylic acids is 5. The van der Waals surface area contributed by atoms with Crippen LogP contribution in [0.15, 0.2) is 0 Å². The van der Waals surface area contributed by atoms with Crippen molar-refractivity contribution in [3.63, 3.8) is 0 Å². The van der Waals surface area contributed by atoms with E-state index in [0.717, 1.165) is 9.80 Å². The molecule has 2 amide bonds. The molecule has 0 aromatic carbocycles. The van der Waals surface area contributed by atoms with E-state index >= 15 is 0 Å². The number of rotatable bonds is 6. The van der Waals surface area contributed by atoms with Gasteiger partial charge < -0.3 is 18.9 Å². The van der Waals surface area contributed by atoms with Crippen molar-refractivity contribution >= 4 is 30.1 Å². The number of carbonyl (C=O) groups is 5. The molecule has 0 radical (unpaired) electrons. The van der Waals surface area contributed by atoms with Gasteiger partial charge in [0, 0.05) is 14.1 Å². The van der Waals surface area contributed by atoms with Gasteiger partial charge in [0.2, 0.25) is 0 Å². The molecule has 0 saturated carbocycles. The van der Waals surface area contributed by atoms with E-state index in [1.807, 2.05) is 0 Å². The number of esters is 3. The van der Waals surface area contributed by atoms with Gasteiger partial charge in [-0.15, -0.1) is 0 Å². The quantitative estimate of drug-likeness (QED) is 0.282. The van der Waals surface area contributed by atoms with Crippen molar-refractivity contribution in [3.8, 4) is 0 Å². The SMILES string of the molecule is CN(C(=O)OC(C)(C)C)C(C(=O)OCC(=O)OC(=O)C(N(C)C(=O)OC(C)(C)C)C(C)(C)C)C(C)(C)C. The molecule has 0 aromatic heterocycles. The Balaban J connectivity index is 5.48. The lowest BCUT2D eigenvalue weighted by atomic mass is 9.86. The van der Waals surface area contributed by atoms with Gasteiger partial charge in [0.1, 0.15) is 23.3 Å². The van der Waals surface area contributed by atoms with Gasteiger partial charge in [-0.1, -0.05) is 41.5 Å². The van der Waals surface area contributed by atoms with Crippen LogP contribution in [0, 0.1) is 10.8 Å². The smallest absolute Gasteiger partial charge is 0.410 e. The molecule has 0 spiro atoms. The van der Waals surface area contributed by atoms with E-state index in [1.54, 1.807) is 83.1 Å². The Morgan fingerprint density at radius 1 is 0.595 bits per heavy atom. The molecular formula is C26H46N2O9. The minimum atomic E-state index is -1.16. The zero-order valence-corrected chi connectivity index (χ0v) is 24.9. The number of likely N-dealkylation sites (N-methyl/N-ethyl adjacent to an activating group) is 2. The van der Waals surface area contributed by atoms with Gasteiger partial charge in [-0.25, -0.2) is 24.0 Å². The van der Waals surface area contributed by atoms with Crippen LogP contribution in [0.25, 0.3) is 0 Å². The van der Waals surface area contributed by atoms with Crippen LogP contribution in [0.4, 0.5) is 9.59 Å². The van der Waals surface area contributed by atoms with Crippen molar-refractivity contribution in [3.05, 3.63) is 0 Å². The van der Waals surface area contributed by atoms with Crippen molar-refractivity contribution in [1.82, 2.24) is 9.80 Å². The van der Waals surface area contributed by atoms with Crippen LogP contribution in [-0.2, 0) is 33.3 Å². The average molecular weight is 531 g/mol. The second kappa shape index (κ2) is 12.1. The van der Waals surface area contributed by atoms with Crippen molar-refractivity contribution < 1.29 is 42.9 Å². The molecule has 214 valence electrons. The molecule has 0 aliphatic rings. The van der Waals surface area contributed by atoms with Gasteiger partial charge in [0.05, 0.1) is 0 Å². The third kappa shape index (κ3) is 11.8. The van der Waals surface area contributed by atoms with Crippen LogP contribution < -0.4 is 0 Å². The van der Waals surface area contributed by atoms with Crippen LogP contribution >= 0.6 is 0 Å². The lowest BCUT2D eigenvalue weighted by molar-refractivity contribution is -0.173. The Kier molecular flexibility index (Phi) is 11.2. The lowest BCUT2D eigenvalue weighted by Gasteiger charge is -2.37. The third-order valence-corrected chi connectivity index (χ3v) is 4.77. The second-order valence-electron chi connectivity index (χ2n) is 13.1. The number of amides is 2. The highest BCUT2D eigenvalue weighted by Gasteiger charge is 2.42. The first kappa shape index (κ1) is 34.1. The van der Waals surface area contributed by atoms with Crippen molar-refractivity contribution in [2.24, 2.45) is 10.8 Å². The van der Waals surface area contributed by atoms with Gasteiger partial charge in [-0.05, 0) is 52.4 Å². The van der Waals surface area contributed by atoms with Crippen LogP contribution in [0.1, 0.15) is 83.1 Å². The van der Waals surface area contributed by atoms with Gasteiger partial charge in [-0.3, -0.25) is 9.80 Å². The van der Waals surface area contributed by atoms with Crippen molar-refractivity contribution in [1.29, 1.82) is 0 Å². The maximum absolute atomic E-state index is 12.9. The molecule has 0 saturated heterocycles. The van der Waals surface area contributed by atoms with Crippen LogP contribution in [0.3, 0.4) is 0 Å². The fourth-order valence-electron chi connectivity index (χ4n) is 3.47. The first-order valence-electron chi connectivity index (χ1n) is 12.1. The summed E-state index contributed by atoms with van der Waals surface area (Å²) in [6, 6.07) is -2.26. The van der Waals surface area contributed by atoms with Gasteiger partial charge >= 0.3 is 30.1 Å². The standard InChI is InChI=1S/C26H46N2O9/c1-23(2,3)17(27(13)21(32)36-25(7,8)9)19(30)34-15-16(29)35-20(31)18(24(4,5)6)28(14)22(33)37-26(10,11)12/h17-18H,15H2,1-14H3. The maximum atomic E-state index is 12.9. The third-order valence-electron chi connectivity index (χ3n) is 4.77. The second-order valence-corrected chi connectivity index (χ2v) is 13.1. The zero-order chi connectivity index (χ0) is 29.7. The minimum absolute atomic E-state index is 0.736. The van der Waals surface area contributed by atoms with Gasteiger partial charge in [0.25, 0.3) is 0 Å². The predicted octanol–water partition coefficient (Wildman–Crippen LogP) is 4.16. The summed E-state index contributed by atoms with van der Waals surface area (Å²) >= 11 is 0. The maximum Gasteiger partial charge on any atom is 0.410 e. The number of hydrogen-bond donors (Lipinski definition) is 0. The molecular weight excluding hydrogens is 484 g/mol. The molecule has 2 atom stereocenters. The van der Waals surface area contributed by atoms with Crippen LogP contribution in [-0.4, -0.2) is 83.9 Å². The summed E-state index contributed by atoms with van der Waals surface area (Å²) in [6.45, 7) is 19.5. The molecule has 0 N–H and O–H groups in total. The molecule has 0 fully saturated rings. The Morgan fingerprint density at radius 2 is 0.919 bits per heavy atom. The zero-order valence-electron chi connectivity index (χ0n) is 24.9. The Hall–Kier alpha value is -2.85. The Bertz CT molecular complexity index is 855. The number of nitrogens with zero attached hydrogens (tertiary/aromatic N) is 2. The lowest BCUT2D eigenvalue weighted by Crippen LogP contribution is -2.53. The first-order chi connectivity index (χ1) is 16.3. The molecule has 37 heavy (non-hydrogen) atoms. The summed E-state index contributed by atoms with van der Waals surface area (Å²) in [5.74, 6) is -3.00. The highest BCUT2D eigenvalue weighted by atomic mass is 16.6. The monoisotopic (exact) mass is 530 g/mol. The molecule has 11 heteroatoms. The molecule has 0 aliphatic heterocycles. The summed E-state index contributed by atoms with van der Waals surface area (Å²) < 4.78 is 20.7. The summed E-state index contributed by atoms with van der Waals surface area (Å²) in [4.78, 5) is 65.4. The summed E-state index contributed by atoms with van der Waals surface area (Å²) in [6.07, 6.45) is -1.50. The highest BCUT2D eigenvalue weighted by Crippen LogP contribution is 2.28. The van der Waals surface area contributed by atoms with Crippen LogP contribution in [0.5, 0.6) is 0 Å². The molecule has 0 bridgehead atoms. The van der Waals surface area contributed by atoms with Crippen molar-refractivity contribution in [2.45, 2.75) is 106 Å². The average Bonchev–Trinajstić information content (AvgIpc) is 2.61. The predicted molar refractivity (Wildman–Crippen MR) is 137 cm³/mol. The highest BCUT2D eigenvalue weighted by molar-refractivity contribution is 5.92. The minimum Gasteiger partial charge on any atom is -0.452 e. The van der Waals surface area contributed by atoms with E-state index < -0.39 is 70.8 Å². The fourth-order valence-corrected chi connectivity index (χ4v) is 3.47. The van der Waals surface area contributed by atoms with E-state index in [2.05, 4.69) is 0 Å². The molecule has 11 nitrogen and oxygen atoms in total. The molecule has 2 unspecified atom stereocenters. The number of hydrogen-bond acceptors (Lipinski definition) is 9. The van der Waals surface area contributed by atoms with Crippen molar-refractivity contribution in [2.75, 3.05) is 20.7 Å². The van der Waals surface area contributed by atoms with E-state index in [1.165, 1.54) is 14.1 Å². The van der Waals surface area contributed by atoms with Gasteiger partial charge in [0.15, 0.2) is 6.61 Å². The summed E-state index contributed by atoms with van der Waals surface area (Å²) in [7, 11) is 2.77. The van der Waals surface area contributed by atoms with Gasteiger partial charge in [-0.2, -0.15) is 0 Å². The van der Waals surface area contributed by atoms with E-state index in [-0.39, 0.29) is 0 Å². The first-order valence-corrected chi connectivity index (χ1v) is 12.1. The van der Waals surface area contributed by atoms with Crippen LogP contribution in [0.2, 0.25) is 0 Å². The molecule has 0 heterocycles.